The molecule has 1 amide bonds. The Balaban J connectivity index is 1.87. The first kappa shape index (κ1) is 21.8. The lowest BCUT2D eigenvalue weighted by molar-refractivity contribution is -0.148. The number of aryl methyl sites for hydroxylation is 1. The fraction of sp³-hybridized carbons (Fsp3) is 0.783. The zero-order chi connectivity index (χ0) is 20.6. The second kappa shape index (κ2) is 10.8. The van der Waals surface area contributed by atoms with E-state index in [9.17, 15) is 9.59 Å². The van der Waals surface area contributed by atoms with Crippen LogP contribution in [0.25, 0.3) is 0 Å². The van der Waals surface area contributed by atoms with E-state index in [-0.39, 0.29) is 17.8 Å². The summed E-state index contributed by atoms with van der Waals surface area (Å²) < 4.78 is 7.14. The van der Waals surface area contributed by atoms with Crippen LogP contribution in [0, 0.1) is 17.8 Å². The van der Waals surface area contributed by atoms with Gasteiger partial charge in [-0.2, -0.15) is 5.10 Å². The molecule has 2 aliphatic rings. The first-order valence-corrected chi connectivity index (χ1v) is 11.6. The third-order valence-electron chi connectivity index (χ3n) is 6.85. The average Bonchev–Trinajstić information content (AvgIpc) is 3.24. The van der Waals surface area contributed by atoms with Crippen LogP contribution in [-0.4, -0.2) is 34.3 Å². The van der Waals surface area contributed by atoms with E-state index in [0.717, 1.165) is 25.7 Å². The van der Waals surface area contributed by atoms with Crippen molar-refractivity contribution in [2.75, 3.05) is 6.61 Å². The average molecular weight is 404 g/mol. The smallest absolute Gasteiger partial charge is 0.328 e. The van der Waals surface area contributed by atoms with Crippen LogP contribution < -0.4 is 5.32 Å². The SMILES string of the molecule is CCOC(=O)C(NC(=O)c1ccnn1CC)C(C1CCCCC1)C1CCCCC1. The summed E-state index contributed by atoms with van der Waals surface area (Å²) in [7, 11) is 0. The summed E-state index contributed by atoms with van der Waals surface area (Å²) in [5.74, 6) is 0.635. The third-order valence-corrected chi connectivity index (χ3v) is 6.85. The number of carbonyl (C=O) groups excluding carboxylic acids is 2. The van der Waals surface area contributed by atoms with Crippen molar-refractivity contribution in [1.29, 1.82) is 0 Å². The maximum absolute atomic E-state index is 13.1. The lowest BCUT2D eigenvalue weighted by Gasteiger charge is -2.41. The van der Waals surface area contributed by atoms with Gasteiger partial charge in [-0.05, 0) is 37.7 Å². The maximum atomic E-state index is 13.1. The van der Waals surface area contributed by atoms with Crippen molar-refractivity contribution in [3.8, 4) is 0 Å². The van der Waals surface area contributed by atoms with Crippen LogP contribution in [0.3, 0.4) is 0 Å². The van der Waals surface area contributed by atoms with Gasteiger partial charge in [0.15, 0.2) is 0 Å². The Labute approximate surface area is 174 Å². The fourth-order valence-corrected chi connectivity index (χ4v) is 5.50. The summed E-state index contributed by atoms with van der Waals surface area (Å²) in [6.45, 7) is 4.74. The minimum Gasteiger partial charge on any atom is -0.464 e. The molecule has 6 heteroatoms. The molecule has 162 valence electrons. The van der Waals surface area contributed by atoms with Crippen molar-refractivity contribution in [3.05, 3.63) is 18.0 Å². The van der Waals surface area contributed by atoms with Gasteiger partial charge in [0.05, 0.1) is 6.61 Å². The first-order chi connectivity index (χ1) is 14.2. The summed E-state index contributed by atoms with van der Waals surface area (Å²) in [5.41, 5.74) is 0.507. The highest BCUT2D eigenvalue weighted by atomic mass is 16.5. The number of rotatable bonds is 8. The molecule has 2 aliphatic carbocycles. The number of nitrogens with one attached hydrogen (secondary N) is 1. The van der Waals surface area contributed by atoms with Crippen molar-refractivity contribution in [2.45, 2.75) is 90.6 Å². The number of hydrogen-bond donors (Lipinski definition) is 1. The highest BCUT2D eigenvalue weighted by Crippen LogP contribution is 2.42. The Kier molecular flexibility index (Phi) is 8.13. The van der Waals surface area contributed by atoms with Gasteiger partial charge in [-0.25, -0.2) is 4.79 Å². The topological polar surface area (TPSA) is 73.2 Å². The standard InChI is InChI=1S/C23H37N3O3/c1-3-26-19(15-16-24-26)22(27)25-21(23(28)29-4-2)20(17-11-7-5-8-12-17)18-13-9-6-10-14-18/h15-18,20-21H,3-14H2,1-2H3,(H,25,27). The van der Waals surface area contributed by atoms with Gasteiger partial charge in [0.2, 0.25) is 0 Å². The molecule has 1 aromatic rings. The molecule has 1 aromatic heterocycles. The van der Waals surface area contributed by atoms with Crippen molar-refractivity contribution in [3.63, 3.8) is 0 Å². The predicted molar refractivity (Wildman–Crippen MR) is 112 cm³/mol. The third kappa shape index (κ3) is 5.40. The van der Waals surface area contributed by atoms with E-state index < -0.39 is 6.04 Å². The molecule has 2 fully saturated rings. The molecule has 1 heterocycles. The van der Waals surface area contributed by atoms with E-state index in [0.29, 0.717) is 30.7 Å². The molecule has 2 saturated carbocycles. The number of aromatic nitrogens is 2. The van der Waals surface area contributed by atoms with E-state index in [2.05, 4.69) is 10.4 Å². The van der Waals surface area contributed by atoms with E-state index >= 15 is 0 Å². The second-order valence-electron chi connectivity index (χ2n) is 8.61. The largest absolute Gasteiger partial charge is 0.464 e. The monoisotopic (exact) mass is 403 g/mol. The molecule has 1 atom stereocenters. The second-order valence-corrected chi connectivity index (χ2v) is 8.61. The molecule has 1 unspecified atom stereocenters. The van der Waals surface area contributed by atoms with E-state index in [4.69, 9.17) is 4.74 Å². The van der Waals surface area contributed by atoms with Crippen LogP contribution in [0.1, 0.15) is 88.5 Å². The number of hydrogen-bond acceptors (Lipinski definition) is 4. The van der Waals surface area contributed by atoms with Crippen LogP contribution in [0.4, 0.5) is 0 Å². The summed E-state index contributed by atoms with van der Waals surface area (Å²) in [6.07, 6.45) is 13.7. The number of esters is 1. The lowest BCUT2D eigenvalue weighted by atomic mass is 9.66. The summed E-state index contributed by atoms with van der Waals surface area (Å²) in [5, 5.41) is 7.31. The zero-order valence-electron chi connectivity index (χ0n) is 18.1. The Morgan fingerprint density at radius 1 is 1.07 bits per heavy atom. The molecular weight excluding hydrogens is 366 g/mol. The molecule has 0 radical (unpaired) electrons. The maximum Gasteiger partial charge on any atom is 0.328 e. The Bertz CT molecular complexity index is 642. The Hall–Kier alpha value is -1.85. The Morgan fingerprint density at radius 2 is 1.66 bits per heavy atom. The van der Waals surface area contributed by atoms with Crippen LogP contribution in [0.2, 0.25) is 0 Å². The minimum atomic E-state index is -0.575. The van der Waals surface area contributed by atoms with Crippen molar-refractivity contribution < 1.29 is 14.3 Å². The van der Waals surface area contributed by atoms with Crippen LogP contribution in [0.5, 0.6) is 0 Å². The summed E-state index contributed by atoms with van der Waals surface area (Å²) >= 11 is 0. The van der Waals surface area contributed by atoms with Crippen molar-refractivity contribution in [2.24, 2.45) is 17.8 Å². The van der Waals surface area contributed by atoms with Gasteiger partial charge in [0.1, 0.15) is 11.7 Å². The van der Waals surface area contributed by atoms with Gasteiger partial charge in [-0.1, -0.05) is 64.2 Å². The van der Waals surface area contributed by atoms with Crippen molar-refractivity contribution in [1.82, 2.24) is 15.1 Å². The molecule has 0 spiro atoms. The normalized spacial score (nSPS) is 19.8. The number of amides is 1. The van der Waals surface area contributed by atoms with E-state index in [1.807, 2.05) is 13.8 Å². The van der Waals surface area contributed by atoms with Gasteiger partial charge in [-0.3, -0.25) is 9.48 Å². The van der Waals surface area contributed by atoms with Crippen LogP contribution in [0.15, 0.2) is 12.3 Å². The van der Waals surface area contributed by atoms with E-state index in [1.165, 1.54) is 38.5 Å². The molecule has 1 N–H and O–H groups in total. The fourth-order valence-electron chi connectivity index (χ4n) is 5.50. The van der Waals surface area contributed by atoms with Gasteiger partial charge >= 0.3 is 5.97 Å². The zero-order valence-corrected chi connectivity index (χ0v) is 18.1. The quantitative estimate of drug-likeness (QED) is 0.655. The van der Waals surface area contributed by atoms with Gasteiger partial charge in [-0.15, -0.1) is 0 Å². The molecule has 3 rings (SSSR count). The van der Waals surface area contributed by atoms with Gasteiger partial charge < -0.3 is 10.1 Å². The molecule has 0 aromatic carbocycles. The lowest BCUT2D eigenvalue weighted by Crippen LogP contribution is -2.52. The summed E-state index contributed by atoms with van der Waals surface area (Å²) in [6, 6.07) is 1.14. The summed E-state index contributed by atoms with van der Waals surface area (Å²) in [4.78, 5) is 26.2. The number of carbonyl (C=O) groups is 2. The predicted octanol–water partition coefficient (Wildman–Crippen LogP) is 4.34. The molecule has 0 bridgehead atoms. The van der Waals surface area contributed by atoms with E-state index in [1.54, 1.807) is 16.9 Å². The van der Waals surface area contributed by atoms with Crippen molar-refractivity contribution >= 4 is 11.9 Å². The number of ether oxygens (including phenoxy) is 1. The van der Waals surface area contributed by atoms with Gasteiger partial charge in [0, 0.05) is 12.7 Å². The molecule has 29 heavy (non-hydrogen) atoms. The molecule has 0 saturated heterocycles. The number of nitrogens with zero attached hydrogens (tertiary/aromatic N) is 2. The molecular formula is C23H37N3O3. The molecule has 0 aliphatic heterocycles. The first-order valence-electron chi connectivity index (χ1n) is 11.6. The minimum absolute atomic E-state index is 0.164. The van der Waals surface area contributed by atoms with Gasteiger partial charge in [0.25, 0.3) is 5.91 Å². The van der Waals surface area contributed by atoms with Crippen LogP contribution in [-0.2, 0) is 16.1 Å². The highest BCUT2D eigenvalue weighted by molar-refractivity contribution is 5.95. The van der Waals surface area contributed by atoms with Crippen LogP contribution >= 0.6 is 0 Å². The Morgan fingerprint density at radius 3 is 2.17 bits per heavy atom. The highest BCUT2D eigenvalue weighted by Gasteiger charge is 2.42. The molecule has 6 nitrogen and oxygen atoms in total.